The predicted molar refractivity (Wildman–Crippen MR) is 90.5 cm³/mol. The Labute approximate surface area is 140 Å². The van der Waals surface area contributed by atoms with Gasteiger partial charge in [0.15, 0.2) is 12.1 Å². The maximum atomic E-state index is 13.3. The van der Waals surface area contributed by atoms with Crippen molar-refractivity contribution in [2.45, 2.75) is 13.5 Å². The van der Waals surface area contributed by atoms with E-state index in [-0.39, 0.29) is 18.1 Å². The number of rotatable bonds is 4. The lowest BCUT2D eigenvalue weighted by atomic mass is 10.1. The SMILES string of the molecule is Cc1cc(C(=O)Cn2cc(C=O)c3cc(Br)ccc32)ccc1F. The molecule has 3 aromatic rings. The summed E-state index contributed by atoms with van der Waals surface area (Å²) in [5, 5.41) is 0.789. The van der Waals surface area contributed by atoms with Crippen molar-refractivity contribution in [3.8, 4) is 0 Å². The number of carbonyl (C=O) groups excluding carboxylic acids is 2. The van der Waals surface area contributed by atoms with Crippen molar-refractivity contribution in [2.24, 2.45) is 0 Å². The number of benzene rings is 2. The highest BCUT2D eigenvalue weighted by atomic mass is 79.9. The maximum Gasteiger partial charge on any atom is 0.182 e. The largest absolute Gasteiger partial charge is 0.339 e. The van der Waals surface area contributed by atoms with Gasteiger partial charge in [-0.05, 0) is 48.9 Å². The molecule has 0 saturated carbocycles. The first-order chi connectivity index (χ1) is 11.0. The van der Waals surface area contributed by atoms with Crippen LogP contribution in [0.3, 0.4) is 0 Å². The number of ketones is 1. The van der Waals surface area contributed by atoms with Gasteiger partial charge in [-0.2, -0.15) is 0 Å². The molecule has 0 saturated heterocycles. The lowest BCUT2D eigenvalue weighted by Crippen LogP contribution is -2.10. The van der Waals surface area contributed by atoms with Crippen molar-refractivity contribution in [2.75, 3.05) is 0 Å². The molecule has 0 fully saturated rings. The van der Waals surface area contributed by atoms with Crippen LogP contribution < -0.4 is 0 Å². The van der Waals surface area contributed by atoms with Gasteiger partial charge >= 0.3 is 0 Å². The molecule has 0 bridgehead atoms. The molecule has 3 rings (SSSR count). The molecule has 3 nitrogen and oxygen atoms in total. The number of Topliss-reactive ketones (excluding diaryl/α,β-unsaturated/α-hetero) is 1. The van der Waals surface area contributed by atoms with E-state index >= 15 is 0 Å². The molecule has 0 amide bonds. The topological polar surface area (TPSA) is 39.1 Å². The second kappa shape index (κ2) is 6.08. The molecule has 0 N–H and O–H groups in total. The van der Waals surface area contributed by atoms with Crippen LogP contribution in [0.15, 0.2) is 47.1 Å². The van der Waals surface area contributed by atoms with Gasteiger partial charge in [0.1, 0.15) is 5.82 Å². The Bertz CT molecular complexity index is 930. The van der Waals surface area contributed by atoms with Gasteiger partial charge in [0.05, 0.1) is 6.54 Å². The third-order valence-corrected chi connectivity index (χ3v) is 4.29. The fourth-order valence-electron chi connectivity index (χ4n) is 2.59. The molecule has 5 heteroatoms. The van der Waals surface area contributed by atoms with E-state index in [0.717, 1.165) is 21.7 Å². The van der Waals surface area contributed by atoms with Gasteiger partial charge in [0.2, 0.25) is 0 Å². The van der Waals surface area contributed by atoms with Crippen molar-refractivity contribution in [3.63, 3.8) is 0 Å². The van der Waals surface area contributed by atoms with E-state index in [9.17, 15) is 14.0 Å². The number of hydrogen-bond acceptors (Lipinski definition) is 2. The molecule has 0 aliphatic carbocycles. The van der Waals surface area contributed by atoms with E-state index in [1.54, 1.807) is 23.8 Å². The monoisotopic (exact) mass is 373 g/mol. The first-order valence-electron chi connectivity index (χ1n) is 7.02. The summed E-state index contributed by atoms with van der Waals surface area (Å²) in [5.74, 6) is -0.466. The maximum absolute atomic E-state index is 13.3. The minimum absolute atomic E-state index is 0.0943. The van der Waals surface area contributed by atoms with Gasteiger partial charge < -0.3 is 4.57 Å². The minimum atomic E-state index is -0.332. The van der Waals surface area contributed by atoms with Crippen LogP contribution in [0, 0.1) is 12.7 Å². The lowest BCUT2D eigenvalue weighted by Gasteiger charge is -2.06. The number of nitrogens with zero attached hydrogens (tertiary/aromatic N) is 1. The summed E-state index contributed by atoms with van der Waals surface area (Å²) in [4.78, 5) is 23.7. The van der Waals surface area contributed by atoms with E-state index in [1.165, 1.54) is 12.1 Å². The summed E-state index contributed by atoms with van der Waals surface area (Å²) in [6.07, 6.45) is 2.44. The molecule has 0 aliphatic rings. The van der Waals surface area contributed by atoms with Crippen LogP contribution in [-0.2, 0) is 6.54 Å². The number of halogens is 2. The third kappa shape index (κ3) is 2.97. The first-order valence-corrected chi connectivity index (χ1v) is 7.82. The Balaban J connectivity index is 1.99. The van der Waals surface area contributed by atoms with Crippen molar-refractivity contribution < 1.29 is 14.0 Å². The Morgan fingerprint density at radius 1 is 1.26 bits per heavy atom. The zero-order valence-electron chi connectivity index (χ0n) is 12.3. The lowest BCUT2D eigenvalue weighted by molar-refractivity contribution is 0.0972. The van der Waals surface area contributed by atoms with Crippen LogP contribution in [0.5, 0.6) is 0 Å². The quantitative estimate of drug-likeness (QED) is 0.497. The number of fused-ring (bicyclic) bond motifs is 1. The molecular formula is C18H13BrFNO2. The van der Waals surface area contributed by atoms with Gasteiger partial charge in [-0.3, -0.25) is 9.59 Å². The Hall–Kier alpha value is -2.27. The Morgan fingerprint density at radius 3 is 2.74 bits per heavy atom. The normalized spacial score (nSPS) is 10.9. The van der Waals surface area contributed by atoms with Crippen LogP contribution in [0.4, 0.5) is 4.39 Å². The molecule has 1 heterocycles. The molecule has 0 unspecified atom stereocenters. The number of aromatic nitrogens is 1. The molecule has 2 aromatic carbocycles. The van der Waals surface area contributed by atoms with Gasteiger partial charge in [0.25, 0.3) is 0 Å². The zero-order chi connectivity index (χ0) is 16.6. The van der Waals surface area contributed by atoms with E-state index in [0.29, 0.717) is 16.7 Å². The van der Waals surface area contributed by atoms with E-state index in [4.69, 9.17) is 0 Å². The number of carbonyl (C=O) groups is 2. The fraction of sp³-hybridized carbons (Fsp3) is 0.111. The van der Waals surface area contributed by atoms with Crippen LogP contribution in [0.2, 0.25) is 0 Å². The minimum Gasteiger partial charge on any atom is -0.339 e. The Morgan fingerprint density at radius 2 is 2.04 bits per heavy atom. The van der Waals surface area contributed by atoms with E-state index in [1.807, 2.05) is 18.2 Å². The van der Waals surface area contributed by atoms with Gasteiger partial charge in [0, 0.05) is 32.7 Å². The highest BCUT2D eigenvalue weighted by Gasteiger charge is 2.13. The summed E-state index contributed by atoms with van der Waals surface area (Å²) >= 11 is 3.38. The average Bonchev–Trinajstić information content (AvgIpc) is 2.87. The third-order valence-electron chi connectivity index (χ3n) is 3.79. The molecule has 116 valence electrons. The summed E-state index contributed by atoms with van der Waals surface area (Å²) in [5.41, 5.74) is 2.23. The number of aryl methyl sites for hydroxylation is 1. The molecule has 0 aliphatic heterocycles. The van der Waals surface area contributed by atoms with Crippen LogP contribution >= 0.6 is 15.9 Å². The summed E-state index contributed by atoms with van der Waals surface area (Å²) in [6, 6.07) is 9.89. The molecule has 0 atom stereocenters. The smallest absolute Gasteiger partial charge is 0.182 e. The number of hydrogen-bond donors (Lipinski definition) is 0. The molecule has 0 radical (unpaired) electrons. The predicted octanol–water partition coefficient (Wildman–Crippen LogP) is 4.55. The molecular weight excluding hydrogens is 361 g/mol. The highest BCUT2D eigenvalue weighted by Crippen LogP contribution is 2.24. The second-order valence-electron chi connectivity index (χ2n) is 5.38. The summed E-state index contributed by atoms with van der Waals surface area (Å²) in [7, 11) is 0. The average molecular weight is 374 g/mol. The van der Waals surface area contributed by atoms with Crippen LogP contribution in [0.1, 0.15) is 26.3 Å². The van der Waals surface area contributed by atoms with Gasteiger partial charge in [-0.25, -0.2) is 4.39 Å². The van der Waals surface area contributed by atoms with E-state index in [2.05, 4.69) is 15.9 Å². The van der Waals surface area contributed by atoms with Crippen molar-refractivity contribution in [1.29, 1.82) is 0 Å². The molecule has 1 aromatic heterocycles. The molecule has 0 spiro atoms. The second-order valence-corrected chi connectivity index (χ2v) is 6.29. The van der Waals surface area contributed by atoms with E-state index < -0.39 is 0 Å². The van der Waals surface area contributed by atoms with Crippen molar-refractivity contribution in [3.05, 3.63) is 69.6 Å². The van der Waals surface area contributed by atoms with Gasteiger partial charge in [-0.1, -0.05) is 15.9 Å². The summed E-state index contributed by atoms with van der Waals surface area (Å²) < 4.78 is 15.9. The standard InChI is InChI=1S/C18H13BrFNO2/c1-11-6-12(2-4-16(11)20)18(23)9-21-8-13(10-22)15-7-14(19)3-5-17(15)21/h2-8,10H,9H2,1H3. The van der Waals surface area contributed by atoms with Gasteiger partial charge in [-0.15, -0.1) is 0 Å². The Kier molecular flexibility index (Phi) is 4.13. The van der Waals surface area contributed by atoms with Crippen LogP contribution in [0.25, 0.3) is 10.9 Å². The number of aldehydes is 1. The molecule has 23 heavy (non-hydrogen) atoms. The van der Waals surface area contributed by atoms with Crippen LogP contribution in [-0.4, -0.2) is 16.6 Å². The zero-order valence-corrected chi connectivity index (χ0v) is 13.9. The fourth-order valence-corrected chi connectivity index (χ4v) is 2.95. The summed E-state index contributed by atoms with van der Waals surface area (Å²) in [6.45, 7) is 1.72. The van der Waals surface area contributed by atoms with Crippen molar-refractivity contribution in [1.82, 2.24) is 4.57 Å². The van der Waals surface area contributed by atoms with Crippen molar-refractivity contribution >= 4 is 38.9 Å². The highest BCUT2D eigenvalue weighted by molar-refractivity contribution is 9.10. The first kappa shape index (κ1) is 15.6.